The summed E-state index contributed by atoms with van der Waals surface area (Å²) < 4.78 is 0.243. The van der Waals surface area contributed by atoms with Crippen LogP contribution < -0.4 is 4.90 Å². The number of aromatic hydroxyl groups is 1. The molecule has 1 heterocycles. The van der Waals surface area contributed by atoms with Crippen molar-refractivity contribution in [2.24, 2.45) is 0 Å². The summed E-state index contributed by atoms with van der Waals surface area (Å²) in [7, 11) is 0. The van der Waals surface area contributed by atoms with E-state index >= 15 is 0 Å². The highest BCUT2D eigenvalue weighted by atomic mass is 35.5. The van der Waals surface area contributed by atoms with E-state index in [0.717, 1.165) is 11.8 Å². The van der Waals surface area contributed by atoms with Gasteiger partial charge in [0.1, 0.15) is 11.3 Å². The largest absolute Gasteiger partial charge is 0.507 e. The Morgan fingerprint density at radius 2 is 1.85 bits per heavy atom. The summed E-state index contributed by atoms with van der Waals surface area (Å²) in [6.07, 6.45) is 1.55. The number of halogens is 2. The Labute approximate surface area is 167 Å². The number of phenols is 1. The molecule has 132 valence electrons. The number of carbonyl (C=O) groups is 2. The average Bonchev–Trinajstić information content (AvgIpc) is 2.84. The van der Waals surface area contributed by atoms with Crippen LogP contribution in [0.4, 0.5) is 5.69 Å². The lowest BCUT2D eigenvalue weighted by Crippen LogP contribution is -2.27. The number of anilines is 1. The van der Waals surface area contributed by atoms with Gasteiger partial charge in [0.25, 0.3) is 5.91 Å². The number of rotatable bonds is 3. The minimum atomic E-state index is -1.27. The molecule has 1 amide bonds. The number of amides is 1. The van der Waals surface area contributed by atoms with Crippen molar-refractivity contribution in [2.75, 3.05) is 4.90 Å². The van der Waals surface area contributed by atoms with E-state index in [1.165, 1.54) is 23.1 Å². The molecule has 5 nitrogen and oxygen atoms in total. The topological polar surface area (TPSA) is 77.8 Å². The molecule has 0 spiro atoms. The maximum absolute atomic E-state index is 12.7. The summed E-state index contributed by atoms with van der Waals surface area (Å²) >= 11 is 18.6. The van der Waals surface area contributed by atoms with Gasteiger partial charge in [-0.05, 0) is 30.3 Å². The summed E-state index contributed by atoms with van der Waals surface area (Å²) in [6, 6.07) is 8.80. The fourth-order valence-electron chi connectivity index (χ4n) is 2.31. The molecule has 1 aliphatic rings. The first-order chi connectivity index (χ1) is 12.3. The van der Waals surface area contributed by atoms with Gasteiger partial charge < -0.3 is 10.2 Å². The lowest BCUT2D eigenvalue weighted by molar-refractivity contribution is -0.113. The Morgan fingerprint density at radius 1 is 1.19 bits per heavy atom. The molecule has 0 unspecified atom stereocenters. The average molecular weight is 426 g/mol. The highest BCUT2D eigenvalue weighted by Gasteiger charge is 2.34. The molecule has 26 heavy (non-hydrogen) atoms. The third-order valence-electron chi connectivity index (χ3n) is 3.54. The van der Waals surface area contributed by atoms with E-state index in [-0.39, 0.29) is 15.6 Å². The Balaban J connectivity index is 1.99. The molecule has 2 aromatic rings. The van der Waals surface area contributed by atoms with Crippen LogP contribution in [0.1, 0.15) is 15.9 Å². The molecule has 0 aliphatic carbocycles. The van der Waals surface area contributed by atoms with Crippen molar-refractivity contribution >= 4 is 75.1 Å². The summed E-state index contributed by atoms with van der Waals surface area (Å²) in [6.45, 7) is 0. The maximum atomic E-state index is 12.7. The zero-order valence-corrected chi connectivity index (χ0v) is 15.9. The number of aromatic carboxylic acids is 1. The molecular formula is C17H9Cl2NO4S2. The lowest BCUT2D eigenvalue weighted by atomic mass is 10.1. The van der Waals surface area contributed by atoms with Gasteiger partial charge in [0.15, 0.2) is 4.32 Å². The standard InChI is InChI=1S/C17H9Cl2NO4S2/c18-11-2-1-3-12(19)10(11)7-14-15(22)20(17(25)26-14)8-4-5-9(16(23)24)13(21)6-8/h1-7,21H,(H,23,24). The first-order valence-electron chi connectivity index (χ1n) is 7.08. The molecule has 1 fully saturated rings. The minimum Gasteiger partial charge on any atom is -0.507 e. The molecule has 9 heteroatoms. The molecule has 0 radical (unpaired) electrons. The quantitative estimate of drug-likeness (QED) is 0.542. The van der Waals surface area contributed by atoms with E-state index in [1.54, 1.807) is 24.3 Å². The van der Waals surface area contributed by atoms with E-state index in [0.29, 0.717) is 20.5 Å². The van der Waals surface area contributed by atoms with Crippen molar-refractivity contribution in [3.05, 3.63) is 62.5 Å². The van der Waals surface area contributed by atoms with Crippen molar-refractivity contribution in [1.29, 1.82) is 0 Å². The van der Waals surface area contributed by atoms with Crippen LogP contribution >= 0.6 is 47.2 Å². The van der Waals surface area contributed by atoms with Crippen LogP contribution in [0.2, 0.25) is 10.0 Å². The van der Waals surface area contributed by atoms with Crippen molar-refractivity contribution in [3.63, 3.8) is 0 Å². The fourth-order valence-corrected chi connectivity index (χ4v) is 4.10. The predicted molar refractivity (Wildman–Crippen MR) is 107 cm³/mol. The zero-order chi connectivity index (χ0) is 19.0. The Morgan fingerprint density at radius 3 is 2.42 bits per heavy atom. The van der Waals surface area contributed by atoms with Gasteiger partial charge in [0.05, 0.1) is 10.6 Å². The van der Waals surface area contributed by atoms with Gasteiger partial charge >= 0.3 is 5.97 Å². The fraction of sp³-hybridized carbons (Fsp3) is 0. The number of carbonyl (C=O) groups excluding carboxylic acids is 1. The van der Waals surface area contributed by atoms with Gasteiger partial charge in [-0.3, -0.25) is 9.69 Å². The molecule has 0 aromatic heterocycles. The van der Waals surface area contributed by atoms with Crippen LogP contribution in [0.15, 0.2) is 41.3 Å². The van der Waals surface area contributed by atoms with Crippen molar-refractivity contribution < 1.29 is 19.8 Å². The van der Waals surface area contributed by atoms with Gasteiger partial charge in [-0.25, -0.2) is 4.79 Å². The number of thioether (sulfide) groups is 1. The van der Waals surface area contributed by atoms with Gasteiger partial charge in [0.2, 0.25) is 0 Å². The molecular weight excluding hydrogens is 417 g/mol. The Hall–Kier alpha value is -2.06. The molecule has 3 rings (SSSR count). The van der Waals surface area contributed by atoms with Crippen LogP contribution in [0.5, 0.6) is 5.75 Å². The first-order valence-corrected chi connectivity index (χ1v) is 9.06. The molecule has 0 atom stereocenters. The van der Waals surface area contributed by atoms with Crippen molar-refractivity contribution in [1.82, 2.24) is 0 Å². The molecule has 0 saturated carbocycles. The van der Waals surface area contributed by atoms with Crippen molar-refractivity contribution in [3.8, 4) is 5.75 Å². The summed E-state index contributed by atoms with van der Waals surface area (Å²) in [5, 5.41) is 19.6. The number of carboxylic acids is 1. The summed E-state index contributed by atoms with van der Waals surface area (Å²) in [5.41, 5.74) is 0.502. The molecule has 1 aliphatic heterocycles. The van der Waals surface area contributed by atoms with E-state index in [2.05, 4.69) is 0 Å². The van der Waals surface area contributed by atoms with E-state index < -0.39 is 17.6 Å². The summed E-state index contributed by atoms with van der Waals surface area (Å²) in [5.74, 6) is -2.15. The van der Waals surface area contributed by atoms with Gasteiger partial charge in [-0.2, -0.15) is 0 Å². The Kier molecular flexibility index (Phi) is 5.24. The van der Waals surface area contributed by atoms with E-state index in [4.69, 9.17) is 40.5 Å². The SMILES string of the molecule is O=C(O)c1ccc(N2C(=O)C(=Cc3c(Cl)cccc3Cl)SC2=S)cc1O. The zero-order valence-electron chi connectivity index (χ0n) is 12.8. The molecule has 0 bridgehead atoms. The minimum absolute atomic E-state index is 0.243. The van der Waals surface area contributed by atoms with Gasteiger partial charge in [0, 0.05) is 21.7 Å². The molecule has 2 N–H and O–H groups in total. The molecule has 1 saturated heterocycles. The van der Waals surface area contributed by atoms with Crippen LogP contribution in [0.25, 0.3) is 6.08 Å². The number of hydrogen-bond acceptors (Lipinski definition) is 5. The predicted octanol–water partition coefficient (Wildman–Crippen LogP) is 4.80. The number of nitrogens with zero attached hydrogens (tertiary/aromatic N) is 1. The van der Waals surface area contributed by atoms with Crippen LogP contribution in [0.3, 0.4) is 0 Å². The van der Waals surface area contributed by atoms with Gasteiger partial charge in [-0.15, -0.1) is 0 Å². The van der Waals surface area contributed by atoms with Crippen LogP contribution in [-0.2, 0) is 4.79 Å². The lowest BCUT2D eigenvalue weighted by Gasteiger charge is -2.15. The third-order valence-corrected chi connectivity index (χ3v) is 5.50. The van der Waals surface area contributed by atoms with E-state index in [9.17, 15) is 14.7 Å². The normalized spacial score (nSPS) is 15.8. The third kappa shape index (κ3) is 3.43. The maximum Gasteiger partial charge on any atom is 0.339 e. The van der Waals surface area contributed by atoms with Gasteiger partial charge in [-0.1, -0.05) is 53.2 Å². The number of carboxylic acid groups (broad SMARTS) is 1. The van der Waals surface area contributed by atoms with Crippen LogP contribution in [-0.4, -0.2) is 26.4 Å². The second kappa shape index (κ2) is 7.28. The number of hydrogen-bond donors (Lipinski definition) is 2. The second-order valence-corrected chi connectivity index (χ2v) is 7.65. The van der Waals surface area contributed by atoms with E-state index in [1.807, 2.05) is 0 Å². The van der Waals surface area contributed by atoms with Crippen molar-refractivity contribution in [2.45, 2.75) is 0 Å². The smallest absolute Gasteiger partial charge is 0.339 e. The first kappa shape index (κ1) is 18.7. The number of thiocarbonyl (C=S) groups is 1. The number of benzene rings is 2. The highest BCUT2D eigenvalue weighted by Crippen LogP contribution is 2.39. The molecule has 2 aromatic carbocycles. The second-order valence-electron chi connectivity index (χ2n) is 5.16. The summed E-state index contributed by atoms with van der Waals surface area (Å²) in [4.78, 5) is 25.3. The highest BCUT2D eigenvalue weighted by molar-refractivity contribution is 8.27. The monoisotopic (exact) mass is 425 g/mol. The Bertz CT molecular complexity index is 970. The van der Waals surface area contributed by atoms with Crippen LogP contribution in [0, 0.1) is 0 Å².